The van der Waals surface area contributed by atoms with Crippen LogP contribution in [0.3, 0.4) is 0 Å². The zero-order valence-electron chi connectivity index (χ0n) is 19.7. The van der Waals surface area contributed by atoms with Gasteiger partial charge in [0, 0.05) is 16.5 Å². The fourth-order valence-electron chi connectivity index (χ4n) is 3.72. The van der Waals surface area contributed by atoms with E-state index in [1.807, 2.05) is 12.1 Å². The Kier molecular flexibility index (Phi) is 7.36. The van der Waals surface area contributed by atoms with Crippen molar-refractivity contribution < 1.29 is 18.7 Å². The summed E-state index contributed by atoms with van der Waals surface area (Å²) in [5.74, 6) is 0.368. The minimum absolute atomic E-state index is 0.0341. The second kappa shape index (κ2) is 8.73. The molecule has 1 aromatic rings. The maximum absolute atomic E-state index is 13.4. The zero-order chi connectivity index (χ0) is 22.1. The van der Waals surface area contributed by atoms with Gasteiger partial charge >= 0.3 is 7.60 Å². The van der Waals surface area contributed by atoms with E-state index in [1.165, 1.54) is 0 Å². The van der Waals surface area contributed by atoms with E-state index in [0.29, 0.717) is 19.0 Å². The lowest BCUT2D eigenvalue weighted by Crippen LogP contribution is -2.34. The molecule has 0 atom stereocenters. The summed E-state index contributed by atoms with van der Waals surface area (Å²) in [7, 11) is -3.20. The van der Waals surface area contributed by atoms with Crippen LogP contribution in [0.1, 0.15) is 97.8 Å². The highest BCUT2D eigenvalue weighted by Gasteiger charge is 2.40. The normalized spacial score (nSPS) is 19.3. The molecule has 0 amide bonds. The third-order valence-electron chi connectivity index (χ3n) is 7.41. The summed E-state index contributed by atoms with van der Waals surface area (Å²) in [6, 6.07) is 4.00. The van der Waals surface area contributed by atoms with Crippen LogP contribution >= 0.6 is 7.60 Å². The van der Waals surface area contributed by atoms with Gasteiger partial charge in [-0.15, -0.1) is 0 Å². The topological polar surface area (TPSA) is 55.8 Å². The first-order chi connectivity index (χ1) is 13.4. The van der Waals surface area contributed by atoms with Gasteiger partial charge in [-0.1, -0.05) is 67.5 Å². The van der Waals surface area contributed by atoms with E-state index in [4.69, 9.17) is 9.05 Å². The van der Waals surface area contributed by atoms with Crippen molar-refractivity contribution in [1.29, 1.82) is 0 Å². The van der Waals surface area contributed by atoms with E-state index in [0.717, 1.165) is 42.4 Å². The summed E-state index contributed by atoms with van der Waals surface area (Å²) in [5, 5.41) is 11.1. The first-order valence-corrected chi connectivity index (χ1v) is 12.9. The first kappa shape index (κ1) is 24.4. The van der Waals surface area contributed by atoms with Gasteiger partial charge in [0.25, 0.3) is 0 Å². The van der Waals surface area contributed by atoms with Crippen LogP contribution in [0, 0.1) is 5.41 Å². The van der Waals surface area contributed by atoms with Gasteiger partial charge in [0.1, 0.15) is 5.75 Å². The predicted molar refractivity (Wildman–Crippen MR) is 121 cm³/mol. The number of phenolic OH excluding ortho intramolecular Hbond substituents is 1. The van der Waals surface area contributed by atoms with Crippen molar-refractivity contribution in [3.63, 3.8) is 0 Å². The molecule has 0 unspecified atom stereocenters. The van der Waals surface area contributed by atoms with Crippen LogP contribution in [0.2, 0.25) is 0 Å². The van der Waals surface area contributed by atoms with Crippen molar-refractivity contribution in [1.82, 2.24) is 0 Å². The van der Waals surface area contributed by atoms with Gasteiger partial charge in [-0.3, -0.25) is 4.57 Å². The minimum atomic E-state index is -3.20. The summed E-state index contributed by atoms with van der Waals surface area (Å²) in [4.78, 5) is 0. The largest absolute Gasteiger partial charge is 0.507 e. The Morgan fingerprint density at radius 1 is 0.931 bits per heavy atom. The van der Waals surface area contributed by atoms with E-state index in [9.17, 15) is 9.67 Å². The molecule has 2 rings (SSSR count). The summed E-state index contributed by atoms with van der Waals surface area (Å²) < 4.78 is 25.1. The van der Waals surface area contributed by atoms with Crippen LogP contribution in [-0.4, -0.2) is 18.3 Å². The fourth-order valence-corrected chi connectivity index (χ4v) is 5.55. The van der Waals surface area contributed by atoms with Crippen molar-refractivity contribution in [2.24, 2.45) is 5.41 Å². The van der Waals surface area contributed by atoms with Crippen molar-refractivity contribution in [2.45, 2.75) is 98.1 Å². The lowest BCUT2D eigenvalue weighted by Gasteiger charge is -2.38. The molecule has 5 heteroatoms. The predicted octanol–water partition coefficient (Wildman–Crippen LogP) is 7.31. The van der Waals surface area contributed by atoms with Gasteiger partial charge in [-0.05, 0) is 42.1 Å². The smallest absolute Gasteiger partial charge is 0.335 e. The van der Waals surface area contributed by atoms with E-state index in [-0.39, 0.29) is 22.4 Å². The monoisotopic (exact) mass is 424 g/mol. The second-order valence-corrected chi connectivity index (χ2v) is 12.1. The number of hydrogen-bond acceptors (Lipinski definition) is 4. The molecule has 0 aliphatic carbocycles. The molecule has 1 N–H and O–H groups in total. The molecule has 1 fully saturated rings. The summed E-state index contributed by atoms with van der Waals surface area (Å²) in [5.41, 5.74) is 2.35. The number of hydrogen-bond donors (Lipinski definition) is 1. The van der Waals surface area contributed by atoms with Gasteiger partial charge in [-0.2, -0.15) is 0 Å². The van der Waals surface area contributed by atoms with Crippen LogP contribution < -0.4 is 0 Å². The maximum Gasteiger partial charge on any atom is 0.335 e. The maximum atomic E-state index is 13.4. The standard InChI is InChI=1S/C24H41O4P/c1-9-22(5,6)19-13-18(14-20(21(19)25)23(7,8)10-2)15-29(26)27-16-24(11-3,12-4)17-28-29/h13-14,25H,9-12,15-17H2,1-8H3. The van der Waals surface area contributed by atoms with Crippen LogP contribution in [0.5, 0.6) is 5.75 Å². The Morgan fingerprint density at radius 3 is 1.69 bits per heavy atom. The SMILES string of the molecule is CCC1(CC)COP(=O)(Cc2cc(C(C)(C)CC)c(O)c(C(C)(C)CC)c2)OC1. The van der Waals surface area contributed by atoms with Crippen molar-refractivity contribution >= 4 is 7.60 Å². The molecule has 0 saturated carbocycles. The van der Waals surface area contributed by atoms with Crippen LogP contribution in [0.15, 0.2) is 12.1 Å². The molecule has 166 valence electrons. The van der Waals surface area contributed by atoms with E-state index < -0.39 is 7.60 Å². The van der Waals surface area contributed by atoms with Crippen molar-refractivity contribution in [2.75, 3.05) is 13.2 Å². The minimum Gasteiger partial charge on any atom is -0.507 e. The molecule has 29 heavy (non-hydrogen) atoms. The molecule has 1 saturated heterocycles. The Labute approximate surface area is 177 Å². The molecular weight excluding hydrogens is 383 g/mol. The third-order valence-corrected chi connectivity index (χ3v) is 9.20. The Morgan fingerprint density at radius 2 is 1.34 bits per heavy atom. The van der Waals surface area contributed by atoms with E-state index in [1.54, 1.807) is 0 Å². The van der Waals surface area contributed by atoms with Gasteiger partial charge in [0.05, 0.1) is 19.4 Å². The fraction of sp³-hybridized carbons (Fsp3) is 0.750. The molecule has 1 aliphatic rings. The van der Waals surface area contributed by atoms with Gasteiger partial charge < -0.3 is 14.2 Å². The van der Waals surface area contributed by atoms with Crippen molar-refractivity contribution in [3.8, 4) is 5.75 Å². The number of phenols is 1. The number of benzene rings is 1. The second-order valence-electron chi connectivity index (χ2n) is 10.0. The quantitative estimate of drug-likeness (QED) is 0.444. The Bertz CT molecular complexity index is 711. The molecule has 4 nitrogen and oxygen atoms in total. The third kappa shape index (κ3) is 5.09. The summed E-state index contributed by atoms with van der Waals surface area (Å²) >= 11 is 0. The first-order valence-electron chi connectivity index (χ1n) is 11.1. The van der Waals surface area contributed by atoms with E-state index in [2.05, 4.69) is 55.4 Å². The summed E-state index contributed by atoms with van der Waals surface area (Å²) in [6.45, 7) is 18.0. The number of rotatable bonds is 8. The molecule has 1 aliphatic heterocycles. The summed E-state index contributed by atoms with van der Waals surface area (Å²) in [6.07, 6.45) is 3.95. The van der Waals surface area contributed by atoms with E-state index >= 15 is 0 Å². The van der Waals surface area contributed by atoms with Crippen LogP contribution in [-0.2, 0) is 30.6 Å². The molecule has 1 aromatic carbocycles. The molecule has 1 heterocycles. The Hall–Kier alpha value is -0.830. The Balaban J connectivity index is 2.44. The van der Waals surface area contributed by atoms with Crippen LogP contribution in [0.4, 0.5) is 0 Å². The highest BCUT2D eigenvalue weighted by molar-refractivity contribution is 7.53. The molecule has 0 spiro atoms. The highest BCUT2D eigenvalue weighted by atomic mass is 31.2. The van der Waals surface area contributed by atoms with Gasteiger partial charge in [0.2, 0.25) is 0 Å². The lowest BCUT2D eigenvalue weighted by molar-refractivity contribution is 0.0111. The average molecular weight is 425 g/mol. The molecule has 0 bridgehead atoms. The van der Waals surface area contributed by atoms with Gasteiger partial charge in [0.15, 0.2) is 0 Å². The van der Waals surface area contributed by atoms with Crippen molar-refractivity contribution in [3.05, 3.63) is 28.8 Å². The molecular formula is C24H41O4P. The molecule has 0 radical (unpaired) electrons. The average Bonchev–Trinajstić information content (AvgIpc) is 2.70. The lowest BCUT2D eigenvalue weighted by atomic mass is 9.75. The molecule has 0 aromatic heterocycles. The van der Waals surface area contributed by atoms with Crippen LogP contribution in [0.25, 0.3) is 0 Å². The number of aromatic hydroxyl groups is 1. The highest BCUT2D eigenvalue weighted by Crippen LogP contribution is 2.58. The zero-order valence-corrected chi connectivity index (χ0v) is 20.6. The van der Waals surface area contributed by atoms with Gasteiger partial charge in [-0.25, -0.2) is 0 Å².